The molecular weight excluding hydrogens is 244 g/mol. The van der Waals surface area contributed by atoms with Crippen molar-refractivity contribution in [3.8, 4) is 0 Å². The maximum absolute atomic E-state index is 11.7. The minimum absolute atomic E-state index is 0.257. The number of aryl methyl sites for hydroxylation is 1. The van der Waals surface area contributed by atoms with Crippen molar-refractivity contribution >= 4 is 17.7 Å². The van der Waals surface area contributed by atoms with Crippen LogP contribution in [0.5, 0.6) is 0 Å². The van der Waals surface area contributed by atoms with E-state index in [0.29, 0.717) is 5.69 Å². The third-order valence-corrected chi connectivity index (χ3v) is 2.52. The molecule has 1 aromatic rings. The number of carboxylic acids is 1. The summed E-state index contributed by atoms with van der Waals surface area (Å²) in [6, 6.07) is 5.80. The molecule has 1 rings (SSSR count). The van der Waals surface area contributed by atoms with Crippen molar-refractivity contribution in [2.24, 2.45) is 0 Å². The van der Waals surface area contributed by atoms with Crippen LogP contribution >= 0.6 is 0 Å². The van der Waals surface area contributed by atoms with Crippen molar-refractivity contribution in [2.75, 3.05) is 5.32 Å². The smallest absolute Gasteiger partial charge is 0.326 e. The summed E-state index contributed by atoms with van der Waals surface area (Å²) in [4.78, 5) is 22.6. The highest BCUT2D eigenvalue weighted by atomic mass is 16.4. The summed E-state index contributed by atoms with van der Waals surface area (Å²) in [5.74, 6) is -1.06. The van der Waals surface area contributed by atoms with Gasteiger partial charge in [0.15, 0.2) is 0 Å². The Balaban J connectivity index is 2.57. The van der Waals surface area contributed by atoms with Crippen molar-refractivity contribution in [1.82, 2.24) is 5.32 Å². The first kappa shape index (κ1) is 14.8. The molecule has 19 heavy (non-hydrogen) atoms. The molecule has 0 spiro atoms. The standard InChI is InChI=1S/C14H18N2O3/c1-3-4-5-12(13(17)18)16-14(19)15-11-8-6-10(2)7-9-11/h3-4,6-9,12H,5H2,1-2H3,(H,17,18)(H2,15,16,19)/b4-3+. The molecule has 0 saturated heterocycles. The van der Waals surface area contributed by atoms with Gasteiger partial charge in [0.2, 0.25) is 0 Å². The number of urea groups is 1. The molecule has 5 heteroatoms. The number of anilines is 1. The lowest BCUT2D eigenvalue weighted by molar-refractivity contribution is -0.139. The van der Waals surface area contributed by atoms with Gasteiger partial charge in [-0.15, -0.1) is 0 Å². The minimum atomic E-state index is -1.06. The summed E-state index contributed by atoms with van der Waals surface area (Å²) in [5.41, 5.74) is 1.71. The van der Waals surface area contributed by atoms with E-state index < -0.39 is 18.0 Å². The topological polar surface area (TPSA) is 78.4 Å². The zero-order valence-corrected chi connectivity index (χ0v) is 11.0. The highest BCUT2D eigenvalue weighted by Crippen LogP contribution is 2.08. The molecule has 0 aliphatic carbocycles. The predicted molar refractivity (Wildman–Crippen MR) is 74.2 cm³/mol. The van der Waals surface area contributed by atoms with Crippen molar-refractivity contribution in [3.63, 3.8) is 0 Å². The van der Waals surface area contributed by atoms with Crippen molar-refractivity contribution in [2.45, 2.75) is 26.3 Å². The molecule has 0 aliphatic heterocycles. The Kier molecular flexibility index (Phi) is 5.60. The molecular formula is C14H18N2O3. The fourth-order valence-corrected chi connectivity index (χ4v) is 1.46. The lowest BCUT2D eigenvalue weighted by Crippen LogP contribution is -2.42. The quantitative estimate of drug-likeness (QED) is 0.713. The molecule has 3 N–H and O–H groups in total. The highest BCUT2D eigenvalue weighted by molar-refractivity contribution is 5.92. The van der Waals surface area contributed by atoms with Gasteiger partial charge in [0.25, 0.3) is 0 Å². The van der Waals surface area contributed by atoms with Gasteiger partial charge in [-0.1, -0.05) is 29.8 Å². The Morgan fingerprint density at radius 2 is 1.95 bits per heavy atom. The van der Waals surface area contributed by atoms with Crippen LogP contribution in [0.4, 0.5) is 10.5 Å². The zero-order chi connectivity index (χ0) is 14.3. The van der Waals surface area contributed by atoms with E-state index in [-0.39, 0.29) is 6.42 Å². The van der Waals surface area contributed by atoms with E-state index in [4.69, 9.17) is 5.11 Å². The number of rotatable bonds is 5. The van der Waals surface area contributed by atoms with E-state index in [1.807, 2.05) is 19.1 Å². The molecule has 0 saturated carbocycles. The number of carboxylic acid groups (broad SMARTS) is 1. The number of allylic oxidation sites excluding steroid dienone is 1. The number of amides is 2. The maximum Gasteiger partial charge on any atom is 0.326 e. The maximum atomic E-state index is 11.7. The van der Waals surface area contributed by atoms with Crippen LogP contribution in [0.25, 0.3) is 0 Å². The number of nitrogens with one attached hydrogen (secondary N) is 2. The van der Waals surface area contributed by atoms with Gasteiger partial charge in [-0.25, -0.2) is 9.59 Å². The highest BCUT2D eigenvalue weighted by Gasteiger charge is 2.18. The second kappa shape index (κ2) is 7.20. The summed E-state index contributed by atoms with van der Waals surface area (Å²) >= 11 is 0. The molecule has 0 aromatic heterocycles. The Bertz CT molecular complexity index is 466. The van der Waals surface area contributed by atoms with Crippen LogP contribution in [0.1, 0.15) is 18.9 Å². The molecule has 0 heterocycles. The van der Waals surface area contributed by atoms with Gasteiger partial charge in [0.1, 0.15) is 6.04 Å². The third-order valence-electron chi connectivity index (χ3n) is 2.52. The Hall–Kier alpha value is -2.30. The first-order valence-corrected chi connectivity index (χ1v) is 6.01. The van der Waals surface area contributed by atoms with Crippen molar-refractivity contribution < 1.29 is 14.7 Å². The summed E-state index contributed by atoms with van der Waals surface area (Å²) < 4.78 is 0. The number of carbonyl (C=O) groups is 2. The van der Waals surface area contributed by atoms with Crippen LogP contribution in [0, 0.1) is 6.92 Å². The number of benzene rings is 1. The Morgan fingerprint density at radius 1 is 1.32 bits per heavy atom. The Labute approximate surface area is 112 Å². The van der Waals surface area contributed by atoms with E-state index in [0.717, 1.165) is 5.56 Å². The number of aliphatic carboxylic acids is 1. The number of hydrogen-bond donors (Lipinski definition) is 3. The molecule has 1 atom stereocenters. The van der Waals surface area contributed by atoms with E-state index in [2.05, 4.69) is 10.6 Å². The summed E-state index contributed by atoms with van der Waals surface area (Å²) in [7, 11) is 0. The van der Waals surface area contributed by atoms with Gasteiger partial charge in [-0.05, 0) is 32.4 Å². The second-order valence-corrected chi connectivity index (χ2v) is 4.16. The average Bonchev–Trinajstić information content (AvgIpc) is 2.37. The zero-order valence-electron chi connectivity index (χ0n) is 11.0. The Morgan fingerprint density at radius 3 is 2.47 bits per heavy atom. The normalized spacial score (nSPS) is 12.1. The van der Waals surface area contributed by atoms with Crippen LogP contribution in [0.15, 0.2) is 36.4 Å². The van der Waals surface area contributed by atoms with Crippen molar-refractivity contribution in [3.05, 3.63) is 42.0 Å². The van der Waals surface area contributed by atoms with Gasteiger partial charge in [-0.3, -0.25) is 0 Å². The van der Waals surface area contributed by atoms with Gasteiger partial charge < -0.3 is 15.7 Å². The fourth-order valence-electron chi connectivity index (χ4n) is 1.46. The predicted octanol–water partition coefficient (Wildman–Crippen LogP) is 2.54. The lowest BCUT2D eigenvalue weighted by atomic mass is 10.2. The van der Waals surface area contributed by atoms with Crippen LogP contribution in [-0.4, -0.2) is 23.1 Å². The van der Waals surface area contributed by atoms with E-state index in [9.17, 15) is 9.59 Å². The minimum Gasteiger partial charge on any atom is -0.480 e. The van der Waals surface area contributed by atoms with Crippen LogP contribution < -0.4 is 10.6 Å². The number of carbonyl (C=O) groups excluding carboxylic acids is 1. The third kappa shape index (κ3) is 5.25. The summed E-state index contributed by atoms with van der Waals surface area (Å²) in [5, 5.41) is 14.0. The molecule has 0 fully saturated rings. The molecule has 2 amide bonds. The molecule has 1 aromatic carbocycles. The van der Waals surface area contributed by atoms with Gasteiger partial charge in [0.05, 0.1) is 0 Å². The SMILES string of the molecule is C/C=C/CC(NC(=O)Nc1ccc(C)cc1)C(=O)O. The fraction of sp³-hybridized carbons (Fsp3) is 0.286. The molecule has 5 nitrogen and oxygen atoms in total. The molecule has 0 bridgehead atoms. The largest absolute Gasteiger partial charge is 0.480 e. The average molecular weight is 262 g/mol. The van der Waals surface area contributed by atoms with Crippen molar-refractivity contribution in [1.29, 1.82) is 0 Å². The molecule has 0 radical (unpaired) electrons. The summed E-state index contributed by atoms with van der Waals surface area (Å²) in [6.45, 7) is 3.74. The second-order valence-electron chi connectivity index (χ2n) is 4.16. The lowest BCUT2D eigenvalue weighted by Gasteiger charge is -2.13. The molecule has 102 valence electrons. The van der Waals surface area contributed by atoms with Gasteiger partial charge >= 0.3 is 12.0 Å². The van der Waals surface area contributed by atoms with E-state index >= 15 is 0 Å². The molecule has 1 unspecified atom stereocenters. The van der Waals surface area contributed by atoms with Gasteiger partial charge in [0, 0.05) is 5.69 Å². The van der Waals surface area contributed by atoms with E-state index in [1.165, 1.54) is 0 Å². The monoisotopic (exact) mass is 262 g/mol. The first-order valence-electron chi connectivity index (χ1n) is 6.01. The first-order chi connectivity index (χ1) is 9.02. The number of hydrogen-bond acceptors (Lipinski definition) is 2. The van der Waals surface area contributed by atoms with Gasteiger partial charge in [-0.2, -0.15) is 0 Å². The van der Waals surface area contributed by atoms with Crippen LogP contribution in [0.2, 0.25) is 0 Å². The summed E-state index contributed by atoms with van der Waals surface area (Å²) in [6.07, 6.45) is 3.70. The van der Waals surface area contributed by atoms with Crippen LogP contribution in [0.3, 0.4) is 0 Å². The van der Waals surface area contributed by atoms with Crippen LogP contribution in [-0.2, 0) is 4.79 Å². The molecule has 0 aliphatic rings. The van der Waals surface area contributed by atoms with E-state index in [1.54, 1.807) is 31.2 Å².